The van der Waals surface area contributed by atoms with E-state index in [9.17, 15) is 23.2 Å². The fraction of sp³-hybridized carbons (Fsp3) is 0.500. The first kappa shape index (κ1) is 18.4. The predicted octanol–water partition coefficient (Wildman–Crippen LogP) is 1.87. The molecule has 1 aromatic rings. The summed E-state index contributed by atoms with van der Waals surface area (Å²) in [7, 11) is 0. The highest BCUT2D eigenvalue weighted by molar-refractivity contribution is 6.22. The summed E-state index contributed by atoms with van der Waals surface area (Å²) in [5.41, 5.74) is 0.0304. The minimum atomic E-state index is -1.11. The lowest BCUT2D eigenvalue weighted by molar-refractivity contribution is -0.149. The van der Waals surface area contributed by atoms with Gasteiger partial charge in [0.15, 0.2) is 11.6 Å². The molecule has 0 radical (unpaired) electrons. The average Bonchev–Trinajstić information content (AvgIpc) is 2.92. The highest BCUT2D eigenvalue weighted by Crippen LogP contribution is 2.29. The number of piperidine rings is 1. The Hall–Kier alpha value is -2.35. The Morgan fingerprint density at radius 3 is 2.50 bits per heavy atom. The third-order valence-corrected chi connectivity index (χ3v) is 4.87. The maximum absolute atomic E-state index is 13.4. The van der Waals surface area contributed by atoms with Crippen molar-refractivity contribution < 1.29 is 27.9 Å². The maximum atomic E-state index is 13.4. The molecule has 2 heterocycles. The molecule has 0 spiro atoms. The van der Waals surface area contributed by atoms with Gasteiger partial charge in [-0.2, -0.15) is 0 Å². The van der Waals surface area contributed by atoms with E-state index in [4.69, 9.17) is 4.74 Å². The van der Waals surface area contributed by atoms with Crippen LogP contribution in [0.5, 0.6) is 0 Å². The quantitative estimate of drug-likeness (QED) is 0.601. The summed E-state index contributed by atoms with van der Waals surface area (Å²) in [5.74, 6) is -3.47. The first-order valence-electron chi connectivity index (χ1n) is 8.65. The Kier molecular flexibility index (Phi) is 5.31. The maximum Gasteiger partial charge on any atom is 0.309 e. The number of halogens is 2. The molecular formula is C18H20F2N2O4. The van der Waals surface area contributed by atoms with Gasteiger partial charge in [-0.05, 0) is 45.0 Å². The van der Waals surface area contributed by atoms with Crippen molar-refractivity contribution in [3.63, 3.8) is 0 Å². The third kappa shape index (κ3) is 3.46. The van der Waals surface area contributed by atoms with Crippen LogP contribution in [-0.2, 0) is 19.1 Å². The molecule has 0 saturated carbocycles. The molecule has 26 heavy (non-hydrogen) atoms. The number of imide groups is 1. The van der Waals surface area contributed by atoms with E-state index in [1.807, 2.05) is 4.90 Å². The smallest absolute Gasteiger partial charge is 0.309 e. The van der Waals surface area contributed by atoms with Crippen LogP contribution in [0.2, 0.25) is 0 Å². The van der Waals surface area contributed by atoms with E-state index in [-0.39, 0.29) is 24.0 Å². The Balaban J connectivity index is 1.68. The van der Waals surface area contributed by atoms with Crippen molar-refractivity contribution in [3.8, 4) is 0 Å². The summed E-state index contributed by atoms with van der Waals surface area (Å²) >= 11 is 0. The van der Waals surface area contributed by atoms with Crippen LogP contribution in [0, 0.1) is 17.6 Å². The van der Waals surface area contributed by atoms with Gasteiger partial charge in [0.1, 0.15) is 0 Å². The van der Waals surface area contributed by atoms with Crippen LogP contribution in [0.1, 0.15) is 26.2 Å². The minimum Gasteiger partial charge on any atom is -0.466 e. The minimum absolute atomic E-state index is 0.0120. The van der Waals surface area contributed by atoms with Crippen molar-refractivity contribution in [3.05, 3.63) is 29.8 Å². The zero-order chi connectivity index (χ0) is 18.8. The van der Waals surface area contributed by atoms with Crippen molar-refractivity contribution in [2.24, 2.45) is 5.92 Å². The molecule has 140 valence electrons. The number of hydrogen-bond donors (Lipinski definition) is 0. The van der Waals surface area contributed by atoms with Crippen LogP contribution < -0.4 is 4.90 Å². The van der Waals surface area contributed by atoms with E-state index in [2.05, 4.69) is 0 Å². The number of nitrogens with zero attached hydrogens (tertiary/aromatic N) is 2. The van der Waals surface area contributed by atoms with E-state index in [0.717, 1.165) is 17.0 Å². The Bertz CT molecular complexity index is 732. The van der Waals surface area contributed by atoms with Crippen molar-refractivity contribution in [1.82, 2.24) is 4.90 Å². The van der Waals surface area contributed by atoms with Gasteiger partial charge < -0.3 is 4.74 Å². The van der Waals surface area contributed by atoms with Crippen molar-refractivity contribution in [2.75, 3.05) is 24.6 Å². The molecule has 1 atom stereocenters. The summed E-state index contributed by atoms with van der Waals surface area (Å²) in [5, 5.41) is 0. The van der Waals surface area contributed by atoms with Gasteiger partial charge in [0, 0.05) is 6.07 Å². The largest absolute Gasteiger partial charge is 0.466 e. The molecule has 8 heteroatoms. The van der Waals surface area contributed by atoms with Gasteiger partial charge in [-0.25, -0.2) is 13.7 Å². The lowest BCUT2D eigenvalue weighted by Gasteiger charge is -2.33. The number of likely N-dealkylation sites (tertiary alicyclic amines) is 1. The summed E-state index contributed by atoms with van der Waals surface area (Å²) in [4.78, 5) is 39.5. The second kappa shape index (κ2) is 7.49. The Morgan fingerprint density at radius 1 is 1.19 bits per heavy atom. The van der Waals surface area contributed by atoms with Crippen molar-refractivity contribution >= 4 is 23.5 Å². The number of esters is 1. The summed E-state index contributed by atoms with van der Waals surface area (Å²) < 4.78 is 31.6. The Labute approximate surface area is 149 Å². The SMILES string of the molecule is CCOC(=O)C1CCN(C2CC(=O)N(c3ccc(F)c(F)c3)C2=O)CC1. The molecule has 2 aliphatic rings. The first-order valence-corrected chi connectivity index (χ1v) is 8.65. The number of anilines is 1. The molecule has 2 amide bonds. The third-order valence-electron chi connectivity index (χ3n) is 4.87. The van der Waals surface area contributed by atoms with E-state index in [1.165, 1.54) is 6.07 Å². The molecule has 2 fully saturated rings. The molecule has 2 saturated heterocycles. The second-order valence-electron chi connectivity index (χ2n) is 6.45. The number of benzene rings is 1. The zero-order valence-corrected chi connectivity index (χ0v) is 14.4. The number of carbonyl (C=O) groups excluding carboxylic acids is 3. The molecule has 2 aliphatic heterocycles. The first-order chi connectivity index (χ1) is 12.4. The normalized spacial score (nSPS) is 22.1. The highest BCUT2D eigenvalue weighted by Gasteiger charge is 2.44. The molecule has 0 aliphatic carbocycles. The van der Waals surface area contributed by atoms with Crippen LogP contribution in [-0.4, -0.2) is 48.4 Å². The van der Waals surface area contributed by atoms with Gasteiger partial charge in [-0.15, -0.1) is 0 Å². The molecule has 0 N–H and O–H groups in total. The summed E-state index contributed by atoms with van der Waals surface area (Å²) in [6, 6.07) is 2.31. The van der Waals surface area contributed by atoms with Gasteiger partial charge in [-0.1, -0.05) is 0 Å². The van der Waals surface area contributed by atoms with Crippen LogP contribution in [0.3, 0.4) is 0 Å². The highest BCUT2D eigenvalue weighted by atomic mass is 19.2. The van der Waals surface area contributed by atoms with E-state index >= 15 is 0 Å². The van der Waals surface area contributed by atoms with E-state index in [0.29, 0.717) is 32.5 Å². The van der Waals surface area contributed by atoms with Gasteiger partial charge >= 0.3 is 5.97 Å². The van der Waals surface area contributed by atoms with Gasteiger partial charge in [0.05, 0.1) is 30.7 Å². The molecule has 1 aromatic carbocycles. The molecule has 3 rings (SSSR count). The fourth-order valence-corrected chi connectivity index (χ4v) is 3.50. The lowest BCUT2D eigenvalue weighted by atomic mass is 9.95. The van der Waals surface area contributed by atoms with E-state index in [1.54, 1.807) is 6.92 Å². The van der Waals surface area contributed by atoms with Crippen LogP contribution in [0.15, 0.2) is 18.2 Å². The number of carbonyl (C=O) groups is 3. The van der Waals surface area contributed by atoms with Gasteiger partial charge in [0.25, 0.3) is 5.91 Å². The molecule has 0 aromatic heterocycles. The molecule has 0 bridgehead atoms. The number of rotatable bonds is 4. The van der Waals surface area contributed by atoms with Gasteiger partial charge in [0.2, 0.25) is 5.91 Å². The monoisotopic (exact) mass is 366 g/mol. The fourth-order valence-electron chi connectivity index (χ4n) is 3.50. The topological polar surface area (TPSA) is 66.9 Å². The molecule has 6 nitrogen and oxygen atoms in total. The van der Waals surface area contributed by atoms with Crippen molar-refractivity contribution in [1.29, 1.82) is 0 Å². The number of amides is 2. The standard InChI is InChI=1S/C18H20F2N2O4/c1-2-26-18(25)11-5-7-21(8-6-11)15-10-16(23)22(17(15)24)12-3-4-13(19)14(20)9-12/h3-4,9,11,15H,2,5-8,10H2,1H3. The van der Waals surface area contributed by atoms with Crippen molar-refractivity contribution in [2.45, 2.75) is 32.2 Å². The Morgan fingerprint density at radius 2 is 1.88 bits per heavy atom. The average molecular weight is 366 g/mol. The lowest BCUT2D eigenvalue weighted by Crippen LogP contribution is -2.47. The summed E-state index contributed by atoms with van der Waals surface area (Å²) in [6.45, 7) is 3.08. The van der Waals surface area contributed by atoms with Crippen LogP contribution in [0.25, 0.3) is 0 Å². The van der Waals surface area contributed by atoms with Gasteiger partial charge in [-0.3, -0.25) is 19.3 Å². The van der Waals surface area contributed by atoms with Crippen LogP contribution >= 0.6 is 0 Å². The summed E-state index contributed by atoms with van der Waals surface area (Å²) in [6.07, 6.45) is 1.10. The number of ether oxygens (including phenoxy) is 1. The predicted molar refractivity (Wildman–Crippen MR) is 88.2 cm³/mol. The van der Waals surface area contributed by atoms with Crippen LogP contribution in [0.4, 0.5) is 14.5 Å². The molecule has 1 unspecified atom stereocenters. The number of hydrogen-bond acceptors (Lipinski definition) is 5. The molecular weight excluding hydrogens is 346 g/mol. The second-order valence-corrected chi connectivity index (χ2v) is 6.45. The zero-order valence-electron chi connectivity index (χ0n) is 14.4. The van der Waals surface area contributed by atoms with E-state index < -0.39 is 29.5 Å².